The number of nitrogens with one attached hydrogen (secondary N) is 1. The molecule has 116 valence electrons. The maximum Gasteiger partial charge on any atom is 0.240 e. The van der Waals surface area contributed by atoms with Crippen molar-refractivity contribution >= 4 is 22.3 Å². The monoisotopic (exact) mass is 309 g/mol. The molecule has 1 aromatic heterocycles. The third kappa shape index (κ3) is 3.33. The molecule has 6 heteroatoms. The maximum absolute atomic E-state index is 12.2. The Morgan fingerprint density at radius 3 is 2.62 bits per heavy atom. The Bertz CT molecular complexity index is 634. The van der Waals surface area contributed by atoms with Crippen molar-refractivity contribution in [1.82, 2.24) is 14.5 Å². The Labute approximate surface area is 129 Å². The summed E-state index contributed by atoms with van der Waals surface area (Å²) in [6, 6.07) is 6.07. The molecule has 1 aromatic carbocycles. The van der Waals surface area contributed by atoms with Crippen molar-refractivity contribution < 1.29 is 9.29 Å². The van der Waals surface area contributed by atoms with Crippen LogP contribution in [0.25, 0.3) is 10.9 Å². The zero-order chi connectivity index (χ0) is 15.8. The van der Waals surface area contributed by atoms with Crippen LogP contribution in [0, 0.1) is 0 Å². The van der Waals surface area contributed by atoms with Gasteiger partial charge in [-0.05, 0) is 45.4 Å². The van der Waals surface area contributed by atoms with E-state index >= 15 is 0 Å². The van der Waals surface area contributed by atoms with E-state index in [2.05, 4.69) is 9.82 Å². The van der Waals surface area contributed by atoms with Gasteiger partial charge in [-0.1, -0.05) is 6.07 Å². The molecule has 0 saturated heterocycles. The third-order valence-corrected chi connectivity index (χ3v) is 5.05. The van der Waals surface area contributed by atoms with Crippen LogP contribution in [0.1, 0.15) is 39.3 Å². The van der Waals surface area contributed by atoms with Crippen molar-refractivity contribution in [3.63, 3.8) is 0 Å². The van der Waals surface area contributed by atoms with E-state index in [-0.39, 0.29) is 10.8 Å². The van der Waals surface area contributed by atoms with Gasteiger partial charge in [0.15, 0.2) is 0 Å². The van der Waals surface area contributed by atoms with Crippen LogP contribution in [-0.2, 0) is 18.4 Å². The van der Waals surface area contributed by atoms with Crippen molar-refractivity contribution in [2.24, 2.45) is 7.05 Å². The van der Waals surface area contributed by atoms with Crippen LogP contribution in [0.15, 0.2) is 18.2 Å². The molecule has 0 aliphatic heterocycles. The average molecular weight is 309 g/mol. The molecule has 0 saturated carbocycles. The van der Waals surface area contributed by atoms with Gasteiger partial charge in [-0.3, -0.25) is 4.68 Å². The van der Waals surface area contributed by atoms with E-state index in [1.54, 1.807) is 11.8 Å². The van der Waals surface area contributed by atoms with Crippen molar-refractivity contribution in [3.05, 3.63) is 23.8 Å². The third-order valence-electron chi connectivity index (χ3n) is 3.37. The van der Waals surface area contributed by atoms with Gasteiger partial charge in [0.2, 0.25) is 5.88 Å². The summed E-state index contributed by atoms with van der Waals surface area (Å²) in [6.45, 7) is 7.87. The molecular formula is C15H23N3O2S. The van der Waals surface area contributed by atoms with Crippen LogP contribution in [0.5, 0.6) is 5.88 Å². The normalized spacial score (nSPS) is 15.2. The van der Waals surface area contributed by atoms with Gasteiger partial charge in [-0.15, -0.1) is 9.82 Å². The Morgan fingerprint density at radius 2 is 2.05 bits per heavy atom. The van der Waals surface area contributed by atoms with Crippen LogP contribution in [0.2, 0.25) is 0 Å². The molecule has 0 bridgehead atoms. The first-order valence-electron chi connectivity index (χ1n) is 6.92. The summed E-state index contributed by atoms with van der Waals surface area (Å²) in [6.07, 6.45) is 0. The number of rotatable bonds is 4. The summed E-state index contributed by atoms with van der Waals surface area (Å²) in [5.41, 5.74) is 2.08. The number of hydrogen-bond acceptors (Lipinski definition) is 4. The molecule has 0 unspecified atom stereocenters. The van der Waals surface area contributed by atoms with Gasteiger partial charge < -0.3 is 9.29 Å². The van der Waals surface area contributed by atoms with Gasteiger partial charge in [-0.25, -0.2) is 0 Å². The number of nitrogens with zero attached hydrogens (tertiary/aromatic N) is 2. The number of aromatic nitrogens is 2. The summed E-state index contributed by atoms with van der Waals surface area (Å²) in [4.78, 5) is 0. The smallest absolute Gasteiger partial charge is 0.240 e. The summed E-state index contributed by atoms with van der Waals surface area (Å²) in [7, 11) is 3.51. The number of benzene rings is 1. The number of fused-ring (bicyclic) bond motifs is 1. The Hall–Kier alpha value is -1.24. The van der Waals surface area contributed by atoms with Crippen LogP contribution in [0.4, 0.5) is 0 Å². The SMILES string of the molecule is COc1nn(C)c2ccc([C@H](C)N[S@+]([O-])C(C)(C)C)cc12. The van der Waals surface area contributed by atoms with Crippen molar-refractivity contribution in [3.8, 4) is 5.88 Å². The van der Waals surface area contributed by atoms with Crippen LogP contribution in [-0.4, -0.2) is 26.2 Å². The van der Waals surface area contributed by atoms with Crippen molar-refractivity contribution in [2.75, 3.05) is 7.11 Å². The molecule has 1 N–H and O–H groups in total. The fraction of sp³-hybridized carbons (Fsp3) is 0.533. The first-order valence-corrected chi connectivity index (χ1v) is 8.07. The van der Waals surface area contributed by atoms with E-state index < -0.39 is 11.4 Å². The van der Waals surface area contributed by atoms with Gasteiger partial charge in [0.05, 0.1) is 24.1 Å². The Morgan fingerprint density at radius 1 is 1.38 bits per heavy atom. The molecule has 0 fully saturated rings. The lowest BCUT2D eigenvalue weighted by atomic mass is 10.1. The van der Waals surface area contributed by atoms with E-state index in [0.29, 0.717) is 5.88 Å². The lowest BCUT2D eigenvalue weighted by molar-refractivity contribution is 0.396. The predicted molar refractivity (Wildman–Crippen MR) is 86.7 cm³/mol. The quantitative estimate of drug-likeness (QED) is 0.882. The second-order valence-corrected chi connectivity index (χ2v) is 8.13. The minimum Gasteiger partial charge on any atom is -0.598 e. The highest BCUT2D eigenvalue weighted by Gasteiger charge is 2.28. The highest BCUT2D eigenvalue weighted by atomic mass is 32.2. The molecule has 5 nitrogen and oxygen atoms in total. The second kappa shape index (κ2) is 5.87. The Balaban J connectivity index is 2.30. The van der Waals surface area contributed by atoms with Gasteiger partial charge in [-0.2, -0.15) is 0 Å². The minimum atomic E-state index is -1.11. The second-order valence-electron chi connectivity index (χ2n) is 6.13. The van der Waals surface area contributed by atoms with Crippen LogP contribution >= 0.6 is 0 Å². The molecule has 0 amide bonds. The molecule has 0 spiro atoms. The fourth-order valence-corrected chi connectivity index (χ4v) is 2.89. The molecule has 2 atom stereocenters. The zero-order valence-electron chi connectivity index (χ0n) is 13.4. The molecule has 0 radical (unpaired) electrons. The van der Waals surface area contributed by atoms with Gasteiger partial charge in [0, 0.05) is 18.4 Å². The molecule has 2 rings (SSSR count). The molecule has 0 aliphatic rings. The number of hydrogen-bond donors (Lipinski definition) is 1. The predicted octanol–water partition coefficient (Wildman–Crippen LogP) is 2.69. The number of aryl methyl sites for hydroxylation is 1. The van der Waals surface area contributed by atoms with Gasteiger partial charge >= 0.3 is 0 Å². The van der Waals surface area contributed by atoms with E-state index in [4.69, 9.17) is 4.74 Å². The molecule has 21 heavy (non-hydrogen) atoms. The highest BCUT2D eigenvalue weighted by molar-refractivity contribution is 7.90. The first-order chi connectivity index (χ1) is 9.74. The number of ether oxygens (including phenoxy) is 1. The average Bonchev–Trinajstić information content (AvgIpc) is 2.73. The van der Waals surface area contributed by atoms with Crippen molar-refractivity contribution in [1.29, 1.82) is 0 Å². The molecule has 2 aromatic rings. The maximum atomic E-state index is 12.2. The molecule has 0 aliphatic carbocycles. The lowest BCUT2D eigenvalue weighted by Gasteiger charge is -2.26. The summed E-state index contributed by atoms with van der Waals surface area (Å²) < 4.78 is 22.2. The van der Waals surface area contributed by atoms with E-state index in [9.17, 15) is 4.55 Å². The largest absolute Gasteiger partial charge is 0.598 e. The molecular weight excluding hydrogens is 286 g/mol. The molecule has 1 heterocycles. The lowest BCUT2D eigenvalue weighted by Crippen LogP contribution is -2.40. The first kappa shape index (κ1) is 16.1. The van der Waals surface area contributed by atoms with Crippen LogP contribution in [0.3, 0.4) is 0 Å². The van der Waals surface area contributed by atoms with Crippen LogP contribution < -0.4 is 9.46 Å². The van der Waals surface area contributed by atoms with E-state index in [1.807, 2.05) is 52.9 Å². The van der Waals surface area contributed by atoms with Gasteiger partial charge in [0.25, 0.3) is 0 Å². The minimum absolute atomic E-state index is 0.0145. The topological polar surface area (TPSA) is 62.1 Å². The van der Waals surface area contributed by atoms with E-state index in [1.165, 1.54) is 0 Å². The standard InChI is InChI=1S/C15H23N3O2S/c1-10(17-21(19)15(2,3)4)11-7-8-13-12(9-11)14(20-6)16-18(13)5/h7-10,17H,1-6H3/t10-,21+/m0/s1. The Kier molecular flexibility index (Phi) is 4.51. The fourth-order valence-electron chi connectivity index (χ4n) is 2.08. The van der Waals surface area contributed by atoms with E-state index in [0.717, 1.165) is 16.5 Å². The summed E-state index contributed by atoms with van der Waals surface area (Å²) in [5, 5.41) is 5.29. The summed E-state index contributed by atoms with van der Waals surface area (Å²) in [5.74, 6) is 0.610. The summed E-state index contributed by atoms with van der Waals surface area (Å²) >= 11 is -1.11. The zero-order valence-corrected chi connectivity index (χ0v) is 14.2. The number of methoxy groups -OCH3 is 1. The van der Waals surface area contributed by atoms with Crippen molar-refractivity contribution in [2.45, 2.75) is 38.5 Å². The van der Waals surface area contributed by atoms with Gasteiger partial charge in [0.1, 0.15) is 4.75 Å². The highest BCUT2D eigenvalue weighted by Crippen LogP contribution is 2.28.